The zero-order valence-corrected chi connectivity index (χ0v) is 10.2. The van der Waals surface area contributed by atoms with Gasteiger partial charge in [0.25, 0.3) is 0 Å². The second-order valence-corrected chi connectivity index (χ2v) is 3.70. The molecule has 0 unspecified atom stereocenters. The molecule has 0 radical (unpaired) electrons. The molecular formula is C11H7FN6O3. The predicted molar refractivity (Wildman–Crippen MR) is 66.4 cm³/mol. The molecule has 2 rings (SSSR count). The lowest BCUT2D eigenvalue weighted by atomic mass is 10.1. The molecule has 2 aromatic rings. The molecule has 1 aromatic carbocycles. The molecule has 0 saturated carbocycles. The molecule has 1 aromatic heterocycles. The molecular weight excluding hydrogens is 283 g/mol. The van der Waals surface area contributed by atoms with Crippen LogP contribution in [0.5, 0.6) is 5.75 Å². The van der Waals surface area contributed by atoms with E-state index in [1.807, 2.05) is 0 Å². The van der Waals surface area contributed by atoms with E-state index in [0.717, 1.165) is 18.3 Å². The Morgan fingerprint density at radius 3 is 2.86 bits per heavy atom. The van der Waals surface area contributed by atoms with Crippen LogP contribution in [-0.2, 0) is 0 Å². The third-order valence-corrected chi connectivity index (χ3v) is 2.40. The number of hydrogen-bond acceptors (Lipinski definition) is 7. The summed E-state index contributed by atoms with van der Waals surface area (Å²) in [6.07, 6.45) is 1.10. The fourth-order valence-corrected chi connectivity index (χ4v) is 1.43. The molecule has 21 heavy (non-hydrogen) atoms. The summed E-state index contributed by atoms with van der Waals surface area (Å²) in [5.74, 6) is -3.19. The summed E-state index contributed by atoms with van der Waals surface area (Å²) >= 11 is 0. The van der Waals surface area contributed by atoms with Gasteiger partial charge in [-0.15, -0.1) is 10.2 Å². The quantitative estimate of drug-likeness (QED) is 0.475. The van der Waals surface area contributed by atoms with Gasteiger partial charge in [0, 0.05) is 12.3 Å². The van der Waals surface area contributed by atoms with E-state index in [1.165, 1.54) is 0 Å². The number of benzene rings is 1. The first-order valence-electron chi connectivity index (χ1n) is 5.39. The van der Waals surface area contributed by atoms with Crippen LogP contribution in [0.1, 0.15) is 16.2 Å². The van der Waals surface area contributed by atoms with E-state index in [4.69, 9.17) is 10.4 Å². The first-order valence-corrected chi connectivity index (χ1v) is 5.39. The van der Waals surface area contributed by atoms with Gasteiger partial charge in [0.2, 0.25) is 5.82 Å². The summed E-state index contributed by atoms with van der Waals surface area (Å²) < 4.78 is 13.3. The Kier molecular flexibility index (Phi) is 3.76. The Morgan fingerprint density at radius 1 is 1.52 bits per heavy atom. The summed E-state index contributed by atoms with van der Waals surface area (Å²) in [4.78, 5) is 11.0. The fraction of sp³-hybridized carbons (Fsp3) is 0. The van der Waals surface area contributed by atoms with Crippen molar-refractivity contribution in [3.05, 3.63) is 35.5 Å². The number of halogens is 1. The summed E-state index contributed by atoms with van der Waals surface area (Å²) in [5.41, 5.74) is -0.557. The minimum atomic E-state index is -1.38. The molecule has 4 N–H and O–H groups in total. The lowest BCUT2D eigenvalue weighted by Crippen LogP contribution is -2.03. The predicted octanol–water partition coefficient (Wildman–Crippen LogP) is 0.719. The maximum absolute atomic E-state index is 13.3. The number of anilines is 1. The number of hydrogen-bond donors (Lipinski definition) is 4. The molecule has 0 aliphatic carbocycles. The molecule has 0 atom stereocenters. The van der Waals surface area contributed by atoms with Crippen molar-refractivity contribution in [1.82, 2.24) is 20.6 Å². The molecule has 0 amide bonds. The zero-order chi connectivity index (χ0) is 15.4. The van der Waals surface area contributed by atoms with Crippen LogP contribution < -0.4 is 5.32 Å². The average molecular weight is 290 g/mol. The van der Waals surface area contributed by atoms with Crippen molar-refractivity contribution in [3.8, 4) is 11.8 Å². The third kappa shape index (κ3) is 2.92. The number of aromatic nitrogens is 4. The van der Waals surface area contributed by atoms with E-state index in [1.54, 1.807) is 6.07 Å². The minimum Gasteiger partial charge on any atom is -0.505 e. The van der Waals surface area contributed by atoms with E-state index in [-0.39, 0.29) is 22.6 Å². The molecule has 0 fully saturated rings. The Labute approximate surface area is 116 Å². The highest BCUT2D eigenvalue weighted by Crippen LogP contribution is 2.25. The number of aromatic amines is 1. The Hall–Kier alpha value is -3.48. The monoisotopic (exact) mass is 290 g/mol. The maximum atomic E-state index is 13.3. The molecule has 1 heterocycles. The minimum absolute atomic E-state index is 0.0128. The van der Waals surface area contributed by atoms with E-state index in [0.29, 0.717) is 0 Å². The van der Waals surface area contributed by atoms with Gasteiger partial charge in [-0.1, -0.05) is 0 Å². The van der Waals surface area contributed by atoms with E-state index >= 15 is 0 Å². The number of rotatable bonds is 4. The number of H-pyrrole nitrogens is 1. The number of tetrazole rings is 1. The highest BCUT2D eigenvalue weighted by molar-refractivity contribution is 5.95. The number of aromatic carboxylic acids is 1. The number of allylic oxidation sites excluding steroid dienone is 1. The van der Waals surface area contributed by atoms with Crippen LogP contribution in [0.4, 0.5) is 10.1 Å². The SMILES string of the molecule is N#CC(=CNc1cc(F)c(O)cc1C(=O)O)c1nn[nH]n1. The lowest BCUT2D eigenvalue weighted by molar-refractivity contribution is 0.0697. The van der Waals surface area contributed by atoms with Gasteiger partial charge in [-0.25, -0.2) is 9.18 Å². The Balaban J connectivity index is 2.38. The molecule has 0 bridgehead atoms. The van der Waals surface area contributed by atoms with Gasteiger partial charge in [-0.3, -0.25) is 0 Å². The number of nitriles is 1. The van der Waals surface area contributed by atoms with Crippen molar-refractivity contribution in [2.75, 3.05) is 5.32 Å². The highest BCUT2D eigenvalue weighted by atomic mass is 19.1. The standard InChI is InChI=1S/C11H7FN6O3/c12-7-2-8(6(11(20)21)1-9(7)19)14-4-5(3-13)10-15-17-18-16-10/h1-2,4,14,19H,(H,20,21)(H,15,16,17,18). The van der Waals surface area contributed by atoms with E-state index < -0.39 is 17.5 Å². The second-order valence-electron chi connectivity index (χ2n) is 3.70. The number of aromatic hydroxyl groups is 1. The van der Waals surface area contributed by atoms with Crippen molar-refractivity contribution in [3.63, 3.8) is 0 Å². The third-order valence-electron chi connectivity index (χ3n) is 2.40. The van der Waals surface area contributed by atoms with Crippen LogP contribution in [0.3, 0.4) is 0 Å². The molecule has 9 nitrogen and oxygen atoms in total. The summed E-state index contributed by atoms with van der Waals surface area (Å²) in [6, 6.07) is 3.32. The van der Waals surface area contributed by atoms with Gasteiger partial charge in [0.15, 0.2) is 11.6 Å². The largest absolute Gasteiger partial charge is 0.505 e. The number of nitrogens with zero attached hydrogens (tertiary/aromatic N) is 4. The topological polar surface area (TPSA) is 148 Å². The van der Waals surface area contributed by atoms with Crippen molar-refractivity contribution < 1.29 is 19.4 Å². The van der Waals surface area contributed by atoms with Gasteiger partial charge in [0.1, 0.15) is 11.6 Å². The summed E-state index contributed by atoms with van der Waals surface area (Å²) in [5, 5.41) is 42.2. The highest BCUT2D eigenvalue weighted by Gasteiger charge is 2.15. The Bertz CT molecular complexity index is 750. The van der Waals surface area contributed by atoms with Crippen LogP contribution in [0.2, 0.25) is 0 Å². The second kappa shape index (κ2) is 5.66. The fourth-order valence-electron chi connectivity index (χ4n) is 1.43. The van der Waals surface area contributed by atoms with Crippen molar-refractivity contribution in [1.29, 1.82) is 5.26 Å². The number of nitrogens with one attached hydrogen (secondary N) is 2. The molecule has 106 valence electrons. The normalized spacial score (nSPS) is 11.0. The van der Waals surface area contributed by atoms with Crippen LogP contribution in [0.25, 0.3) is 5.57 Å². The van der Waals surface area contributed by atoms with Gasteiger partial charge in [-0.2, -0.15) is 10.5 Å². The lowest BCUT2D eigenvalue weighted by Gasteiger charge is -2.07. The number of carbonyl (C=O) groups is 1. The first-order chi connectivity index (χ1) is 10.0. The number of phenols is 1. The molecule has 0 aliphatic rings. The van der Waals surface area contributed by atoms with Gasteiger partial charge in [-0.05, 0) is 11.3 Å². The number of carboxylic acids is 1. The van der Waals surface area contributed by atoms with Crippen LogP contribution in [0, 0.1) is 17.1 Å². The Morgan fingerprint density at radius 2 is 2.29 bits per heavy atom. The van der Waals surface area contributed by atoms with Gasteiger partial charge >= 0.3 is 5.97 Å². The smallest absolute Gasteiger partial charge is 0.337 e. The average Bonchev–Trinajstić information content (AvgIpc) is 2.96. The van der Waals surface area contributed by atoms with Crippen LogP contribution in [-0.4, -0.2) is 36.8 Å². The molecule has 10 heteroatoms. The van der Waals surface area contributed by atoms with Crippen molar-refractivity contribution in [2.24, 2.45) is 0 Å². The van der Waals surface area contributed by atoms with E-state index in [9.17, 15) is 14.3 Å². The van der Waals surface area contributed by atoms with E-state index in [2.05, 4.69) is 25.9 Å². The van der Waals surface area contributed by atoms with Crippen LogP contribution in [0.15, 0.2) is 18.3 Å². The van der Waals surface area contributed by atoms with Gasteiger partial charge in [0.05, 0.1) is 11.3 Å². The first kappa shape index (κ1) is 13.9. The number of phenolic OH excluding ortho intramolecular Hbond substituents is 1. The van der Waals surface area contributed by atoms with Crippen LogP contribution >= 0.6 is 0 Å². The number of carboxylic acid groups (broad SMARTS) is 1. The molecule has 0 aliphatic heterocycles. The van der Waals surface area contributed by atoms with Crippen molar-refractivity contribution >= 4 is 17.2 Å². The summed E-state index contributed by atoms with van der Waals surface area (Å²) in [7, 11) is 0. The molecule has 0 saturated heterocycles. The maximum Gasteiger partial charge on any atom is 0.337 e. The summed E-state index contributed by atoms with van der Waals surface area (Å²) in [6.45, 7) is 0. The zero-order valence-electron chi connectivity index (χ0n) is 10.2. The van der Waals surface area contributed by atoms with Crippen molar-refractivity contribution in [2.45, 2.75) is 0 Å². The molecule has 0 spiro atoms. The van der Waals surface area contributed by atoms with Gasteiger partial charge < -0.3 is 15.5 Å².